The van der Waals surface area contributed by atoms with Crippen LogP contribution in [0, 0.1) is 5.92 Å². The molecule has 0 unspecified atom stereocenters. The molecule has 0 fully saturated rings. The van der Waals surface area contributed by atoms with Gasteiger partial charge in [0.15, 0.2) is 0 Å². The highest BCUT2D eigenvalue weighted by Crippen LogP contribution is 2.12. The van der Waals surface area contributed by atoms with E-state index in [2.05, 4.69) is 29.5 Å². The van der Waals surface area contributed by atoms with Gasteiger partial charge in [-0.2, -0.15) is 0 Å². The Morgan fingerprint density at radius 1 is 1.44 bits per heavy atom. The Hall–Kier alpha value is -1.78. The average molecular weight is 251 g/mol. The molecule has 1 heterocycles. The number of amides is 2. The third kappa shape index (κ3) is 5.03. The van der Waals surface area contributed by atoms with E-state index in [1.165, 1.54) is 0 Å². The molecule has 0 bridgehead atoms. The lowest BCUT2D eigenvalue weighted by Gasteiger charge is -2.10. The van der Waals surface area contributed by atoms with Crippen LogP contribution >= 0.6 is 0 Å². The first-order valence-corrected chi connectivity index (χ1v) is 6.13. The molecule has 0 aliphatic heterocycles. The Balaban J connectivity index is 2.33. The van der Waals surface area contributed by atoms with Crippen LogP contribution in [-0.2, 0) is 6.54 Å². The van der Waals surface area contributed by atoms with E-state index in [0.717, 1.165) is 12.0 Å². The van der Waals surface area contributed by atoms with Crippen molar-refractivity contribution in [3.8, 4) is 5.88 Å². The molecule has 5 heteroatoms. The van der Waals surface area contributed by atoms with Gasteiger partial charge in [-0.15, -0.1) is 0 Å². The van der Waals surface area contributed by atoms with Crippen LogP contribution in [0.5, 0.6) is 5.88 Å². The Bertz CT molecular complexity index is 380. The van der Waals surface area contributed by atoms with Crippen LogP contribution < -0.4 is 15.4 Å². The summed E-state index contributed by atoms with van der Waals surface area (Å²) < 4.78 is 5.11. The highest BCUT2D eigenvalue weighted by Gasteiger charge is 2.05. The number of hydrogen-bond donors (Lipinski definition) is 2. The Labute approximate surface area is 108 Å². The molecule has 1 aromatic rings. The van der Waals surface area contributed by atoms with Gasteiger partial charge in [-0.1, -0.05) is 19.9 Å². The molecule has 0 saturated carbocycles. The fourth-order valence-corrected chi connectivity index (χ4v) is 1.45. The van der Waals surface area contributed by atoms with Crippen molar-refractivity contribution in [3.05, 3.63) is 23.9 Å². The van der Waals surface area contributed by atoms with Crippen molar-refractivity contribution < 1.29 is 9.53 Å². The van der Waals surface area contributed by atoms with Crippen LogP contribution in [0.25, 0.3) is 0 Å². The quantitative estimate of drug-likeness (QED) is 0.812. The zero-order valence-corrected chi connectivity index (χ0v) is 11.2. The molecule has 0 saturated heterocycles. The minimum Gasteiger partial charge on any atom is -0.481 e. The lowest BCUT2D eigenvalue weighted by molar-refractivity contribution is 0.239. The molecule has 100 valence electrons. The zero-order chi connectivity index (χ0) is 13.4. The number of carbonyl (C=O) groups is 1. The Kier molecular flexibility index (Phi) is 5.97. The van der Waals surface area contributed by atoms with Crippen molar-refractivity contribution in [3.63, 3.8) is 0 Å². The summed E-state index contributed by atoms with van der Waals surface area (Å²) in [5.41, 5.74) is 0.860. The second-order valence-electron chi connectivity index (χ2n) is 4.46. The number of aromatic nitrogens is 1. The molecule has 2 N–H and O–H groups in total. The van der Waals surface area contributed by atoms with E-state index in [-0.39, 0.29) is 6.03 Å². The van der Waals surface area contributed by atoms with Gasteiger partial charge in [0.05, 0.1) is 7.11 Å². The van der Waals surface area contributed by atoms with Crippen LogP contribution in [0.2, 0.25) is 0 Å². The highest BCUT2D eigenvalue weighted by atomic mass is 16.5. The number of nitrogens with one attached hydrogen (secondary N) is 2. The van der Waals surface area contributed by atoms with Crippen LogP contribution in [-0.4, -0.2) is 24.7 Å². The summed E-state index contributed by atoms with van der Waals surface area (Å²) in [4.78, 5) is 15.6. The van der Waals surface area contributed by atoms with Crippen molar-refractivity contribution in [1.82, 2.24) is 15.6 Å². The molecule has 1 aromatic heterocycles. The summed E-state index contributed by atoms with van der Waals surface area (Å²) in [5, 5.41) is 5.59. The van der Waals surface area contributed by atoms with Crippen molar-refractivity contribution in [2.75, 3.05) is 13.7 Å². The van der Waals surface area contributed by atoms with Crippen LogP contribution in [0.3, 0.4) is 0 Å². The number of nitrogens with zero attached hydrogens (tertiary/aromatic N) is 1. The second kappa shape index (κ2) is 7.53. The topological polar surface area (TPSA) is 63.2 Å². The lowest BCUT2D eigenvalue weighted by Crippen LogP contribution is -2.36. The van der Waals surface area contributed by atoms with Crippen LogP contribution in [0.4, 0.5) is 4.79 Å². The summed E-state index contributed by atoms with van der Waals surface area (Å²) in [6.45, 7) is 5.35. The molecule has 0 aliphatic rings. The number of pyridine rings is 1. The molecule has 0 spiro atoms. The molecule has 0 atom stereocenters. The van der Waals surface area contributed by atoms with E-state index in [1.54, 1.807) is 13.3 Å². The molecule has 0 aliphatic carbocycles. The summed E-state index contributed by atoms with van der Waals surface area (Å²) in [7, 11) is 1.56. The van der Waals surface area contributed by atoms with Gasteiger partial charge < -0.3 is 15.4 Å². The SMILES string of the molecule is COc1ncccc1CNC(=O)NCCC(C)C. The number of carbonyl (C=O) groups excluding carboxylic acids is 1. The van der Waals surface area contributed by atoms with Gasteiger partial charge in [0.1, 0.15) is 0 Å². The number of hydrogen-bond acceptors (Lipinski definition) is 3. The highest BCUT2D eigenvalue weighted by molar-refractivity contribution is 5.73. The number of ether oxygens (including phenoxy) is 1. The molecular weight excluding hydrogens is 230 g/mol. The van der Waals surface area contributed by atoms with Crippen molar-refractivity contribution >= 4 is 6.03 Å². The third-order valence-electron chi connectivity index (χ3n) is 2.49. The van der Waals surface area contributed by atoms with E-state index in [1.807, 2.05) is 12.1 Å². The Morgan fingerprint density at radius 2 is 2.22 bits per heavy atom. The maximum atomic E-state index is 11.5. The zero-order valence-electron chi connectivity index (χ0n) is 11.2. The van der Waals surface area contributed by atoms with Gasteiger partial charge in [-0.3, -0.25) is 0 Å². The lowest BCUT2D eigenvalue weighted by atomic mass is 10.1. The van der Waals surface area contributed by atoms with Gasteiger partial charge in [-0.25, -0.2) is 9.78 Å². The smallest absolute Gasteiger partial charge is 0.315 e. The molecule has 5 nitrogen and oxygen atoms in total. The van der Waals surface area contributed by atoms with Gasteiger partial charge in [0.2, 0.25) is 5.88 Å². The predicted molar refractivity (Wildman–Crippen MR) is 70.5 cm³/mol. The van der Waals surface area contributed by atoms with E-state index in [9.17, 15) is 4.79 Å². The first kappa shape index (κ1) is 14.3. The normalized spacial score (nSPS) is 10.2. The first-order valence-electron chi connectivity index (χ1n) is 6.13. The van der Waals surface area contributed by atoms with E-state index < -0.39 is 0 Å². The summed E-state index contributed by atoms with van der Waals surface area (Å²) in [6, 6.07) is 3.53. The van der Waals surface area contributed by atoms with E-state index in [0.29, 0.717) is 24.9 Å². The molecule has 0 radical (unpaired) electrons. The molecule has 0 aromatic carbocycles. The fourth-order valence-electron chi connectivity index (χ4n) is 1.45. The standard InChI is InChI=1S/C13H21N3O2/c1-10(2)6-8-15-13(17)16-9-11-5-4-7-14-12(11)18-3/h4-5,7,10H,6,8-9H2,1-3H3,(H2,15,16,17). The molecule has 18 heavy (non-hydrogen) atoms. The molecule has 1 rings (SSSR count). The van der Waals surface area contributed by atoms with Crippen molar-refractivity contribution in [2.45, 2.75) is 26.8 Å². The minimum atomic E-state index is -0.165. The number of urea groups is 1. The summed E-state index contributed by atoms with van der Waals surface area (Å²) >= 11 is 0. The minimum absolute atomic E-state index is 0.165. The largest absolute Gasteiger partial charge is 0.481 e. The average Bonchev–Trinajstić information content (AvgIpc) is 2.36. The molecular formula is C13H21N3O2. The van der Waals surface area contributed by atoms with Crippen molar-refractivity contribution in [2.24, 2.45) is 5.92 Å². The maximum Gasteiger partial charge on any atom is 0.315 e. The monoisotopic (exact) mass is 251 g/mol. The second-order valence-corrected chi connectivity index (χ2v) is 4.46. The first-order chi connectivity index (χ1) is 8.63. The third-order valence-corrected chi connectivity index (χ3v) is 2.49. The van der Waals surface area contributed by atoms with Crippen LogP contribution in [0.1, 0.15) is 25.8 Å². The predicted octanol–water partition coefficient (Wildman–Crippen LogP) is 1.94. The fraction of sp³-hybridized carbons (Fsp3) is 0.538. The van der Waals surface area contributed by atoms with Gasteiger partial charge >= 0.3 is 6.03 Å². The molecule has 2 amide bonds. The van der Waals surface area contributed by atoms with Gasteiger partial charge in [0, 0.05) is 24.8 Å². The number of methoxy groups -OCH3 is 1. The van der Waals surface area contributed by atoms with E-state index in [4.69, 9.17) is 4.74 Å². The van der Waals surface area contributed by atoms with E-state index >= 15 is 0 Å². The Morgan fingerprint density at radius 3 is 2.89 bits per heavy atom. The number of rotatable bonds is 6. The maximum absolute atomic E-state index is 11.5. The van der Waals surface area contributed by atoms with Crippen LogP contribution in [0.15, 0.2) is 18.3 Å². The van der Waals surface area contributed by atoms with Gasteiger partial charge in [0.25, 0.3) is 0 Å². The van der Waals surface area contributed by atoms with Gasteiger partial charge in [-0.05, 0) is 18.4 Å². The summed E-state index contributed by atoms with van der Waals surface area (Å²) in [6.07, 6.45) is 2.63. The van der Waals surface area contributed by atoms with Crippen molar-refractivity contribution in [1.29, 1.82) is 0 Å². The summed E-state index contributed by atoms with van der Waals surface area (Å²) in [5.74, 6) is 1.13.